The van der Waals surface area contributed by atoms with Crippen molar-refractivity contribution in [3.8, 4) is 5.75 Å². The molecular weight excluding hydrogens is 413 g/mol. The van der Waals surface area contributed by atoms with Crippen molar-refractivity contribution in [1.82, 2.24) is 15.2 Å². The van der Waals surface area contributed by atoms with E-state index >= 15 is 0 Å². The summed E-state index contributed by atoms with van der Waals surface area (Å²) in [5.74, 6) is -1.30. The number of halogens is 1. The van der Waals surface area contributed by atoms with Gasteiger partial charge in [0.2, 0.25) is 0 Å². The van der Waals surface area contributed by atoms with Crippen molar-refractivity contribution < 1.29 is 23.8 Å². The second-order valence-corrected chi connectivity index (χ2v) is 7.75. The Kier molecular flexibility index (Phi) is 6.05. The van der Waals surface area contributed by atoms with Crippen molar-refractivity contribution >= 4 is 22.7 Å². The molecule has 1 aliphatic heterocycles. The highest BCUT2D eigenvalue weighted by molar-refractivity contribution is 6.14. The van der Waals surface area contributed by atoms with E-state index in [1.54, 1.807) is 36.2 Å². The number of nitrogens with zero attached hydrogens (tertiary/aromatic N) is 2. The molecule has 2 amide bonds. The molecule has 0 saturated carbocycles. The van der Waals surface area contributed by atoms with Gasteiger partial charge in [0.05, 0.1) is 24.3 Å². The summed E-state index contributed by atoms with van der Waals surface area (Å²) in [6.07, 6.45) is 2.07. The fourth-order valence-electron chi connectivity index (χ4n) is 4.05. The third kappa shape index (κ3) is 4.01. The number of pyridine rings is 1. The lowest BCUT2D eigenvalue weighted by atomic mass is 9.93. The molecule has 1 fully saturated rings. The Hall–Kier alpha value is -3.52. The minimum Gasteiger partial charge on any atom is -0.505 e. The van der Waals surface area contributed by atoms with Gasteiger partial charge in [-0.05, 0) is 48.2 Å². The first-order valence-corrected chi connectivity index (χ1v) is 10.4. The molecule has 2 aromatic carbocycles. The molecule has 0 atom stereocenters. The number of ether oxygens (including phenoxy) is 1. The van der Waals surface area contributed by atoms with Crippen LogP contribution in [0.4, 0.5) is 4.39 Å². The lowest BCUT2D eigenvalue weighted by Crippen LogP contribution is -2.41. The highest BCUT2D eigenvalue weighted by Gasteiger charge is 2.28. The fraction of sp³-hybridized carbons (Fsp3) is 0.292. The molecule has 7 nitrogen and oxygen atoms in total. The van der Waals surface area contributed by atoms with Gasteiger partial charge in [0, 0.05) is 31.7 Å². The first-order valence-electron chi connectivity index (χ1n) is 10.4. The van der Waals surface area contributed by atoms with E-state index in [-0.39, 0.29) is 28.6 Å². The number of rotatable bonds is 4. The molecule has 32 heavy (non-hydrogen) atoms. The van der Waals surface area contributed by atoms with Crippen molar-refractivity contribution in [2.75, 3.05) is 33.4 Å². The number of hydrogen-bond donors (Lipinski definition) is 2. The van der Waals surface area contributed by atoms with E-state index in [0.29, 0.717) is 49.2 Å². The molecule has 166 valence electrons. The third-order valence-corrected chi connectivity index (χ3v) is 5.71. The van der Waals surface area contributed by atoms with Gasteiger partial charge in [-0.2, -0.15) is 0 Å². The maximum absolute atomic E-state index is 13.5. The van der Waals surface area contributed by atoms with Gasteiger partial charge in [-0.25, -0.2) is 4.39 Å². The Bertz CT molecular complexity index is 1190. The van der Waals surface area contributed by atoms with E-state index < -0.39 is 5.91 Å². The lowest BCUT2D eigenvalue weighted by Gasteiger charge is -2.28. The molecule has 0 aliphatic carbocycles. The number of carbonyl (C=O) groups excluding carboxylic acids is 2. The standard InChI is InChI=1S/C24H24FN3O4/c1-14-19(24(31)28-7-9-32-10-8-28)18-12-16(11-15-3-5-17(25)6-4-15)13-27-21(18)22(29)20(14)23(30)26-2/h3-6,12-13,29H,7-11H2,1-2H3,(H,26,30). The zero-order valence-corrected chi connectivity index (χ0v) is 17.9. The van der Waals surface area contributed by atoms with Crippen molar-refractivity contribution in [3.05, 3.63) is 70.2 Å². The van der Waals surface area contributed by atoms with Gasteiger partial charge < -0.3 is 20.1 Å². The quantitative estimate of drug-likeness (QED) is 0.655. The number of aromatic hydroxyl groups is 1. The van der Waals surface area contributed by atoms with E-state index in [1.807, 2.05) is 0 Å². The maximum Gasteiger partial charge on any atom is 0.255 e. The number of amides is 2. The van der Waals surface area contributed by atoms with Crippen molar-refractivity contribution in [3.63, 3.8) is 0 Å². The van der Waals surface area contributed by atoms with Crippen LogP contribution in [0.5, 0.6) is 5.75 Å². The molecule has 4 rings (SSSR count). The number of benzene rings is 2. The van der Waals surface area contributed by atoms with Crippen LogP contribution < -0.4 is 5.32 Å². The largest absolute Gasteiger partial charge is 0.505 e. The van der Waals surface area contributed by atoms with E-state index in [1.165, 1.54) is 19.2 Å². The molecule has 8 heteroatoms. The van der Waals surface area contributed by atoms with Crippen LogP contribution in [-0.4, -0.2) is 60.2 Å². The molecule has 2 heterocycles. The molecule has 0 radical (unpaired) electrons. The van der Waals surface area contributed by atoms with Crippen LogP contribution in [0.15, 0.2) is 36.5 Å². The van der Waals surface area contributed by atoms with E-state index in [2.05, 4.69) is 10.3 Å². The number of fused-ring (bicyclic) bond motifs is 1. The molecule has 1 saturated heterocycles. The average molecular weight is 437 g/mol. The van der Waals surface area contributed by atoms with Crippen LogP contribution in [0, 0.1) is 12.7 Å². The topological polar surface area (TPSA) is 91.8 Å². The molecular formula is C24H24FN3O4. The van der Waals surface area contributed by atoms with Crippen LogP contribution in [0.2, 0.25) is 0 Å². The fourth-order valence-corrected chi connectivity index (χ4v) is 4.05. The molecule has 1 aromatic heterocycles. The monoisotopic (exact) mass is 437 g/mol. The molecule has 0 unspecified atom stereocenters. The van der Waals surface area contributed by atoms with Gasteiger partial charge in [-0.15, -0.1) is 0 Å². The van der Waals surface area contributed by atoms with Crippen LogP contribution in [0.3, 0.4) is 0 Å². The Labute approximate surface area is 184 Å². The minimum absolute atomic E-state index is 0.0374. The Morgan fingerprint density at radius 2 is 1.84 bits per heavy atom. The lowest BCUT2D eigenvalue weighted by molar-refractivity contribution is 0.0303. The molecule has 1 aliphatic rings. The number of phenols is 1. The predicted octanol–water partition coefficient (Wildman–Crippen LogP) is 2.81. The normalized spacial score (nSPS) is 13.9. The van der Waals surface area contributed by atoms with Gasteiger partial charge >= 0.3 is 0 Å². The van der Waals surface area contributed by atoms with Crippen LogP contribution >= 0.6 is 0 Å². The number of hydrogen-bond acceptors (Lipinski definition) is 5. The SMILES string of the molecule is CNC(=O)c1c(C)c(C(=O)N2CCOCC2)c2cc(Cc3ccc(F)cc3)cnc2c1O. The Morgan fingerprint density at radius 3 is 2.50 bits per heavy atom. The van der Waals surface area contributed by atoms with Crippen LogP contribution in [0.25, 0.3) is 10.9 Å². The first-order chi connectivity index (χ1) is 15.4. The summed E-state index contributed by atoms with van der Waals surface area (Å²) in [5, 5.41) is 13.8. The van der Waals surface area contributed by atoms with E-state index in [0.717, 1.165) is 11.1 Å². The summed E-state index contributed by atoms with van der Waals surface area (Å²) < 4.78 is 18.6. The van der Waals surface area contributed by atoms with E-state index in [9.17, 15) is 19.1 Å². The summed E-state index contributed by atoms with van der Waals surface area (Å²) >= 11 is 0. The minimum atomic E-state index is -0.491. The predicted molar refractivity (Wildman–Crippen MR) is 117 cm³/mol. The number of phenolic OH excluding ortho intramolecular Hbond substituents is 1. The van der Waals surface area contributed by atoms with Gasteiger partial charge in [0.1, 0.15) is 11.3 Å². The summed E-state index contributed by atoms with van der Waals surface area (Å²) in [4.78, 5) is 32.1. The van der Waals surface area contributed by atoms with Crippen molar-refractivity contribution in [2.24, 2.45) is 0 Å². The zero-order chi connectivity index (χ0) is 22.8. The van der Waals surface area contributed by atoms with Gasteiger partial charge in [0.15, 0.2) is 5.75 Å². The number of aromatic nitrogens is 1. The number of morpholine rings is 1. The maximum atomic E-state index is 13.5. The summed E-state index contributed by atoms with van der Waals surface area (Å²) in [7, 11) is 1.47. The summed E-state index contributed by atoms with van der Waals surface area (Å²) in [6.45, 7) is 3.43. The molecule has 0 bridgehead atoms. The zero-order valence-electron chi connectivity index (χ0n) is 17.9. The summed E-state index contributed by atoms with van der Waals surface area (Å²) in [5.41, 5.74) is 2.64. The second-order valence-electron chi connectivity index (χ2n) is 7.75. The van der Waals surface area contributed by atoms with Crippen LogP contribution in [-0.2, 0) is 11.2 Å². The summed E-state index contributed by atoms with van der Waals surface area (Å²) in [6, 6.07) is 7.97. The van der Waals surface area contributed by atoms with Gasteiger partial charge in [-0.1, -0.05) is 12.1 Å². The number of carbonyl (C=O) groups is 2. The highest BCUT2D eigenvalue weighted by atomic mass is 19.1. The Morgan fingerprint density at radius 1 is 1.16 bits per heavy atom. The molecule has 2 N–H and O–H groups in total. The second kappa shape index (κ2) is 8.92. The van der Waals surface area contributed by atoms with Crippen molar-refractivity contribution in [2.45, 2.75) is 13.3 Å². The molecule has 0 spiro atoms. The van der Waals surface area contributed by atoms with Crippen LogP contribution in [0.1, 0.15) is 37.4 Å². The van der Waals surface area contributed by atoms with Gasteiger partial charge in [-0.3, -0.25) is 14.6 Å². The number of nitrogens with one attached hydrogen (secondary N) is 1. The molecule has 3 aromatic rings. The Balaban J connectivity index is 1.88. The smallest absolute Gasteiger partial charge is 0.255 e. The van der Waals surface area contributed by atoms with Gasteiger partial charge in [0.25, 0.3) is 11.8 Å². The van der Waals surface area contributed by atoms with Crippen molar-refractivity contribution in [1.29, 1.82) is 0 Å². The average Bonchev–Trinajstić information content (AvgIpc) is 2.81. The third-order valence-electron chi connectivity index (χ3n) is 5.71. The highest BCUT2D eigenvalue weighted by Crippen LogP contribution is 2.35. The van der Waals surface area contributed by atoms with E-state index in [4.69, 9.17) is 4.74 Å². The first kappa shape index (κ1) is 21.7.